The highest BCUT2D eigenvalue weighted by molar-refractivity contribution is 6.37. The highest BCUT2D eigenvalue weighted by atomic mass is 35.5. The minimum absolute atomic E-state index is 0.00264. The Bertz CT molecular complexity index is 6870. The fraction of sp³-hybridized carbons (Fsp3) is 0.351. The number of aliphatic hydroxyl groups is 1. The summed E-state index contributed by atoms with van der Waals surface area (Å²) in [7, 11) is 1.83. The number of anilines is 3. The molecule has 16 heterocycles. The molecule has 1 aliphatic carbocycles. The summed E-state index contributed by atoms with van der Waals surface area (Å²) in [6, 6.07) is 33.1. The van der Waals surface area contributed by atoms with Crippen LogP contribution in [0.2, 0.25) is 10.0 Å². The second kappa shape index (κ2) is 38.4. The maximum Gasteiger partial charge on any atom is 0.273 e. The molecule has 130 heavy (non-hydrogen) atoms. The number of H-pyrrole nitrogens is 4. The molecule has 4 amide bonds. The fourth-order valence-electron chi connectivity index (χ4n) is 17.9. The molecule has 34 nitrogen and oxygen atoms in total. The van der Waals surface area contributed by atoms with Crippen molar-refractivity contribution in [2.24, 2.45) is 0 Å². The van der Waals surface area contributed by atoms with Gasteiger partial charge in [0.05, 0.1) is 126 Å². The molecule has 5 fully saturated rings. The smallest absolute Gasteiger partial charge is 0.273 e. The summed E-state index contributed by atoms with van der Waals surface area (Å²) < 4.78 is 16.6. The zero-order valence-corrected chi connectivity index (χ0v) is 74.3. The summed E-state index contributed by atoms with van der Waals surface area (Å²) >= 11 is 13.0. The Morgan fingerprint density at radius 1 is 0.492 bits per heavy atom. The van der Waals surface area contributed by atoms with Crippen LogP contribution in [-0.4, -0.2) is 228 Å². The summed E-state index contributed by atoms with van der Waals surface area (Å²) in [5.41, 5.74) is 13.5. The van der Waals surface area contributed by atoms with Crippen LogP contribution in [0.25, 0.3) is 87.6 Å². The lowest BCUT2D eigenvalue weighted by Crippen LogP contribution is -2.49. The number of fused-ring (bicyclic) bond motifs is 10. The molecule has 9 N–H and O–H groups in total. The van der Waals surface area contributed by atoms with E-state index >= 15 is 0 Å². The number of morpholine rings is 2. The van der Waals surface area contributed by atoms with E-state index in [9.17, 15) is 24.3 Å². The van der Waals surface area contributed by atoms with Crippen molar-refractivity contribution in [3.63, 3.8) is 0 Å². The van der Waals surface area contributed by atoms with E-state index in [4.69, 9.17) is 57.3 Å². The zero-order valence-electron chi connectivity index (χ0n) is 72.8. The van der Waals surface area contributed by atoms with Crippen LogP contribution in [-0.2, 0) is 20.6 Å². The predicted octanol–water partition coefficient (Wildman–Crippen LogP) is 14.8. The number of pyridine rings is 5. The molecular weight excluding hydrogens is 1690 g/mol. The number of imidazole rings is 4. The highest BCUT2D eigenvalue weighted by Crippen LogP contribution is 2.38. The molecular formula is C94H98Cl2N26O8. The summed E-state index contributed by atoms with van der Waals surface area (Å²) in [5, 5.41) is 30.9. The zero-order chi connectivity index (χ0) is 89.8. The first-order valence-corrected chi connectivity index (χ1v) is 44.6. The largest absolute Gasteiger partial charge is 0.393 e. The molecule has 4 saturated heterocycles. The van der Waals surface area contributed by atoms with Gasteiger partial charge in [-0.25, -0.2) is 69.8 Å². The lowest BCUT2D eigenvalue weighted by atomic mass is 9.93. The average Bonchev–Trinajstić information content (AvgIpc) is 1.24. The predicted molar refractivity (Wildman–Crippen MR) is 496 cm³/mol. The van der Waals surface area contributed by atoms with E-state index in [1.807, 2.05) is 136 Å². The Hall–Kier alpha value is -13.5. The molecule has 2 unspecified atom stereocenters. The molecule has 0 radical (unpaired) electrons. The molecule has 21 rings (SSSR count). The molecule has 12 aromatic heterocycles. The normalized spacial score (nSPS) is 17.9. The number of aliphatic hydroxyl groups excluding tert-OH is 1. The lowest BCUT2D eigenvalue weighted by Gasteiger charge is -2.34. The van der Waals surface area contributed by atoms with Crippen LogP contribution in [0, 0.1) is 13.8 Å². The van der Waals surface area contributed by atoms with Gasteiger partial charge in [0.1, 0.15) is 63.8 Å². The molecule has 2 bridgehead atoms. The van der Waals surface area contributed by atoms with E-state index in [1.54, 1.807) is 48.5 Å². The third kappa shape index (κ3) is 18.3. The van der Waals surface area contributed by atoms with Crippen molar-refractivity contribution in [3.05, 3.63) is 226 Å². The number of aryl methyl sites for hydroxylation is 2. The third-order valence-corrected chi connectivity index (χ3v) is 25.6. The number of amides is 4. The van der Waals surface area contributed by atoms with Crippen LogP contribution in [0.4, 0.5) is 17.5 Å². The first-order valence-electron chi connectivity index (χ1n) is 43.8. The molecule has 36 heteroatoms. The SMILES string of the molecule is C[C@H](Cc1nccc2[nH]cnc12)c1cc2cccc(Cl)c2c(C(=O)NC2CCC(O)CC2)n1.C[C@H](Nc1ncnc2nc[nH]c12)c1cc2cccc(Cl)c2c(C(=O)N(C)C2CCOCC2)n1.Cc1cccc2cc([C@H](C)Nc3ncnc4nc[nH]c34)nc(C(=O)N3C4CCC3COC4)c12.Cc1cccc2cc([C@H](C)Nc3ncnc4nc[nH]c34)nc(C(=O)N3CCOCC3)c12. The second-order valence-corrected chi connectivity index (χ2v) is 34.4. The third-order valence-electron chi connectivity index (χ3n) is 25.0. The van der Waals surface area contributed by atoms with Gasteiger partial charge in [0.15, 0.2) is 34.4 Å². The monoisotopic (exact) mass is 1790 g/mol. The first-order chi connectivity index (χ1) is 63.2. The second-order valence-electron chi connectivity index (χ2n) is 33.6. The van der Waals surface area contributed by atoms with E-state index in [-0.39, 0.29) is 77.9 Å². The highest BCUT2D eigenvalue weighted by Gasteiger charge is 2.42. The number of halogens is 2. The number of nitrogens with one attached hydrogen (secondary N) is 8. The number of aromatic nitrogens is 19. The average molecular weight is 1790 g/mol. The molecule has 1 saturated carbocycles. The van der Waals surface area contributed by atoms with E-state index in [2.05, 4.69) is 109 Å². The van der Waals surface area contributed by atoms with Crippen LogP contribution >= 0.6 is 23.2 Å². The van der Waals surface area contributed by atoms with Gasteiger partial charge >= 0.3 is 0 Å². The van der Waals surface area contributed by atoms with Gasteiger partial charge in [-0.1, -0.05) is 90.8 Å². The van der Waals surface area contributed by atoms with Gasteiger partial charge in [0.25, 0.3) is 23.6 Å². The van der Waals surface area contributed by atoms with Gasteiger partial charge in [-0.15, -0.1) is 0 Å². The Balaban J connectivity index is 0.000000117. The van der Waals surface area contributed by atoms with E-state index in [0.29, 0.717) is 161 Å². The van der Waals surface area contributed by atoms with E-state index in [0.717, 1.165) is 127 Å². The Labute approximate surface area is 756 Å². The number of nitrogens with zero attached hydrogens (tertiary/aromatic N) is 18. The standard InChI is InChI=1S/C25H26ClN5O2.C24H25N7O2.C23H24ClN7O2.C22H23N7O2/c1-14(11-21-23-19(9-10-27-21)28-13-29-23)20-12-15-3-2-4-18(26)22(15)24(31-20)25(33)30-16-5-7-17(32)8-6-16;1-13-4-3-5-15-8-18(14(2)29-23-21-22(26-11-25-21)27-12-28-23)30-20(19(13)15)24(32)31-16-6-7-17(31)10-33-9-16;1-13(29-22-20-21(26-11-25-20)27-12-28-22)17-10-14-4-3-5-16(24)18(14)19(30-17)23(32)31(2)15-6-8-33-9-7-15;1-13-4-3-5-15-10-16(14(2)27-21-19-20(24-11-23-19)25-12-26-21)28-18(17(13)15)22(30)29-6-8-31-9-7-29/h2-4,9-10,12-14,16-17,32H,5-8,11H2,1H3,(H,28,29)(H,30,33);3-5,8,11-12,14,16-17H,6-7,9-10H2,1-2H3,(H2,25,26,27,28,29);3-5,10-13,15H,6-9H2,1-2H3,(H2,25,26,27,28,29);3-5,10-12,14H,6-9H2,1-2H3,(H2,23,24,25,26,27)/t2*14-,16?,17?;13-;14-/m1000/s1. The van der Waals surface area contributed by atoms with Gasteiger partial charge in [-0.3, -0.25) is 24.2 Å². The molecule has 4 aliphatic heterocycles. The van der Waals surface area contributed by atoms with Crippen LogP contribution in [0.15, 0.2) is 154 Å². The molecule has 0 spiro atoms. The van der Waals surface area contributed by atoms with Gasteiger partial charge in [0, 0.05) is 91.2 Å². The molecule has 666 valence electrons. The first kappa shape index (κ1) is 87.2. The molecule has 4 aromatic carbocycles. The quantitative estimate of drug-likeness (QED) is 0.0385. The maximum absolute atomic E-state index is 13.9. The fourth-order valence-corrected chi connectivity index (χ4v) is 18.5. The summed E-state index contributed by atoms with van der Waals surface area (Å²) in [4.78, 5) is 138. The Morgan fingerprint density at radius 3 is 1.47 bits per heavy atom. The van der Waals surface area contributed by atoms with Crippen LogP contribution in [0.3, 0.4) is 0 Å². The van der Waals surface area contributed by atoms with Crippen LogP contribution < -0.4 is 21.3 Å². The van der Waals surface area contributed by atoms with Crippen molar-refractivity contribution in [2.45, 2.75) is 154 Å². The van der Waals surface area contributed by atoms with E-state index < -0.39 is 0 Å². The van der Waals surface area contributed by atoms with Gasteiger partial charge in [-0.05, 0) is 161 Å². The van der Waals surface area contributed by atoms with Crippen molar-refractivity contribution in [3.8, 4) is 0 Å². The number of rotatable bonds is 18. The molecule has 6 atom stereocenters. The number of aromatic amines is 4. The maximum atomic E-state index is 13.9. The van der Waals surface area contributed by atoms with Crippen LogP contribution in [0.5, 0.6) is 0 Å². The number of hydrogen-bond donors (Lipinski definition) is 9. The Kier molecular flexibility index (Phi) is 25.8. The topological polar surface area (TPSA) is 431 Å². The molecule has 5 aliphatic rings. The minimum Gasteiger partial charge on any atom is -0.393 e. The number of ether oxygens (including phenoxy) is 3. The Morgan fingerprint density at radius 2 is 0.946 bits per heavy atom. The number of benzene rings is 4. The van der Waals surface area contributed by atoms with Crippen LogP contribution in [0.1, 0.15) is 185 Å². The summed E-state index contributed by atoms with van der Waals surface area (Å²) in [5.74, 6) is 1.48. The summed E-state index contributed by atoms with van der Waals surface area (Å²) in [6.07, 6.45) is 19.5. The minimum atomic E-state index is -0.275. The number of hydrogen-bond acceptors (Lipinski definition) is 26. The van der Waals surface area contributed by atoms with Gasteiger partial charge in [-0.2, -0.15) is 0 Å². The van der Waals surface area contributed by atoms with Crippen molar-refractivity contribution >= 4 is 152 Å². The van der Waals surface area contributed by atoms with Crippen molar-refractivity contribution < 1.29 is 38.5 Å². The summed E-state index contributed by atoms with van der Waals surface area (Å²) in [6.45, 7) is 16.9. The van der Waals surface area contributed by atoms with Crippen molar-refractivity contribution in [1.29, 1.82) is 0 Å². The molecule has 16 aromatic rings. The lowest BCUT2D eigenvalue weighted by molar-refractivity contribution is -0.00736. The van der Waals surface area contributed by atoms with Crippen molar-refractivity contribution in [2.75, 3.05) is 75.7 Å². The van der Waals surface area contributed by atoms with Crippen molar-refractivity contribution in [1.82, 2.24) is 115 Å². The number of carbonyl (C=O) groups is 4. The van der Waals surface area contributed by atoms with E-state index in [1.165, 1.54) is 19.0 Å². The van der Waals surface area contributed by atoms with Gasteiger partial charge in [0.2, 0.25) is 0 Å². The van der Waals surface area contributed by atoms with Gasteiger partial charge < -0.3 is 75.2 Å². The number of carbonyl (C=O) groups excluding carboxylic acids is 4.